The van der Waals surface area contributed by atoms with Crippen molar-refractivity contribution in [1.82, 2.24) is 0 Å². The number of nitrogens with two attached hydrogens (primary N) is 1. The van der Waals surface area contributed by atoms with Gasteiger partial charge in [0.2, 0.25) is 0 Å². The Kier molecular flexibility index (Phi) is 3.53. The summed E-state index contributed by atoms with van der Waals surface area (Å²) in [5, 5.41) is 0. The number of rotatable bonds is 2. The van der Waals surface area contributed by atoms with E-state index in [1.54, 1.807) is 6.07 Å². The van der Waals surface area contributed by atoms with Crippen LogP contribution in [-0.4, -0.2) is 5.54 Å². The summed E-state index contributed by atoms with van der Waals surface area (Å²) in [4.78, 5) is 0. The highest BCUT2D eigenvalue weighted by Crippen LogP contribution is 2.37. The second-order valence-corrected chi connectivity index (χ2v) is 5.79. The second kappa shape index (κ2) is 4.77. The molecule has 0 spiro atoms. The van der Waals surface area contributed by atoms with Crippen LogP contribution in [0.15, 0.2) is 24.3 Å². The average molecular weight is 235 g/mol. The minimum atomic E-state index is -0.236. The van der Waals surface area contributed by atoms with Crippen molar-refractivity contribution in [2.24, 2.45) is 17.6 Å². The Hall–Kier alpha value is -0.890. The highest BCUT2D eigenvalue weighted by molar-refractivity contribution is 5.20. The van der Waals surface area contributed by atoms with Crippen molar-refractivity contribution < 1.29 is 4.39 Å². The molecule has 17 heavy (non-hydrogen) atoms. The van der Waals surface area contributed by atoms with Crippen molar-refractivity contribution in [3.05, 3.63) is 35.6 Å². The largest absolute Gasteiger partial charge is 0.325 e. The van der Waals surface area contributed by atoms with E-state index in [9.17, 15) is 4.39 Å². The molecule has 1 aromatic carbocycles. The van der Waals surface area contributed by atoms with Gasteiger partial charge in [0.25, 0.3) is 0 Å². The van der Waals surface area contributed by atoms with E-state index in [0.717, 1.165) is 18.4 Å². The van der Waals surface area contributed by atoms with E-state index in [2.05, 4.69) is 13.8 Å². The molecule has 2 heteroatoms. The van der Waals surface area contributed by atoms with E-state index in [1.165, 1.54) is 12.5 Å². The van der Waals surface area contributed by atoms with Crippen molar-refractivity contribution in [3.63, 3.8) is 0 Å². The van der Waals surface area contributed by atoms with Gasteiger partial charge in [0.1, 0.15) is 5.82 Å². The van der Waals surface area contributed by atoms with Crippen LogP contribution >= 0.6 is 0 Å². The smallest absolute Gasteiger partial charge is 0.126 e. The first kappa shape index (κ1) is 12.6. The molecule has 2 rings (SSSR count). The van der Waals surface area contributed by atoms with Gasteiger partial charge in [-0.1, -0.05) is 38.5 Å². The summed E-state index contributed by atoms with van der Waals surface area (Å²) in [6, 6.07) is 7.00. The second-order valence-electron chi connectivity index (χ2n) is 5.79. The number of benzene rings is 1. The molecule has 0 bridgehead atoms. The van der Waals surface area contributed by atoms with Gasteiger partial charge >= 0.3 is 0 Å². The van der Waals surface area contributed by atoms with E-state index in [1.807, 2.05) is 12.1 Å². The molecule has 1 nitrogen and oxygen atoms in total. The summed E-state index contributed by atoms with van der Waals surface area (Å²) in [6.45, 7) is 4.45. The summed E-state index contributed by atoms with van der Waals surface area (Å²) < 4.78 is 13.7. The zero-order chi connectivity index (χ0) is 12.5. The molecule has 1 fully saturated rings. The Morgan fingerprint density at radius 3 is 2.71 bits per heavy atom. The summed E-state index contributed by atoms with van der Waals surface area (Å²) in [5.74, 6) is 1.00. The molecular formula is C15H22FN. The van der Waals surface area contributed by atoms with Crippen molar-refractivity contribution in [3.8, 4) is 0 Å². The summed E-state index contributed by atoms with van der Waals surface area (Å²) in [5.41, 5.74) is 7.05. The van der Waals surface area contributed by atoms with Gasteiger partial charge in [0.05, 0.1) is 0 Å². The predicted octanol–water partition coefficient (Wildman–Crippen LogP) is 3.52. The fourth-order valence-corrected chi connectivity index (χ4v) is 3.02. The molecule has 1 aliphatic rings. The fraction of sp³-hybridized carbons (Fsp3) is 0.600. The molecule has 94 valence electrons. The van der Waals surface area contributed by atoms with Crippen LogP contribution in [0.3, 0.4) is 0 Å². The van der Waals surface area contributed by atoms with Gasteiger partial charge < -0.3 is 5.73 Å². The Morgan fingerprint density at radius 1 is 1.29 bits per heavy atom. The molecule has 3 atom stereocenters. The Morgan fingerprint density at radius 2 is 2.00 bits per heavy atom. The van der Waals surface area contributed by atoms with Crippen LogP contribution in [0.2, 0.25) is 0 Å². The maximum atomic E-state index is 13.7. The Balaban J connectivity index is 2.18. The zero-order valence-corrected chi connectivity index (χ0v) is 10.7. The van der Waals surface area contributed by atoms with Gasteiger partial charge in [0, 0.05) is 5.54 Å². The van der Waals surface area contributed by atoms with Crippen LogP contribution in [0.4, 0.5) is 4.39 Å². The molecule has 0 aromatic heterocycles. The van der Waals surface area contributed by atoms with Crippen LogP contribution in [0.5, 0.6) is 0 Å². The quantitative estimate of drug-likeness (QED) is 0.834. The molecule has 1 aliphatic carbocycles. The van der Waals surface area contributed by atoms with Crippen LogP contribution in [0.1, 0.15) is 38.7 Å². The topological polar surface area (TPSA) is 26.0 Å². The van der Waals surface area contributed by atoms with Crippen LogP contribution in [0, 0.1) is 17.7 Å². The molecule has 1 aromatic rings. The van der Waals surface area contributed by atoms with Crippen molar-refractivity contribution in [2.75, 3.05) is 0 Å². The van der Waals surface area contributed by atoms with Gasteiger partial charge in [0.15, 0.2) is 0 Å². The number of hydrogen-bond acceptors (Lipinski definition) is 1. The van der Waals surface area contributed by atoms with E-state index in [-0.39, 0.29) is 11.4 Å². The van der Waals surface area contributed by atoms with E-state index >= 15 is 0 Å². The molecule has 0 amide bonds. The lowest BCUT2D eigenvalue weighted by Gasteiger charge is -2.42. The molecule has 2 N–H and O–H groups in total. The monoisotopic (exact) mass is 235 g/mol. The molecular weight excluding hydrogens is 213 g/mol. The van der Waals surface area contributed by atoms with Crippen LogP contribution < -0.4 is 5.73 Å². The lowest BCUT2D eigenvalue weighted by atomic mass is 9.68. The zero-order valence-electron chi connectivity index (χ0n) is 10.7. The third-order valence-corrected chi connectivity index (χ3v) is 4.28. The number of hydrogen-bond donors (Lipinski definition) is 1. The molecule has 0 radical (unpaired) electrons. The Labute approximate surface area is 103 Å². The highest BCUT2D eigenvalue weighted by Gasteiger charge is 2.37. The first-order valence-corrected chi connectivity index (χ1v) is 6.53. The first-order chi connectivity index (χ1) is 8.01. The summed E-state index contributed by atoms with van der Waals surface area (Å²) in [6.07, 6.45) is 4.07. The minimum absolute atomic E-state index is 0.122. The summed E-state index contributed by atoms with van der Waals surface area (Å²) in [7, 11) is 0. The maximum Gasteiger partial charge on any atom is 0.126 e. The van der Waals surface area contributed by atoms with Crippen LogP contribution in [0.25, 0.3) is 0 Å². The average Bonchev–Trinajstić information content (AvgIpc) is 2.27. The first-order valence-electron chi connectivity index (χ1n) is 6.53. The molecule has 3 unspecified atom stereocenters. The Bertz CT molecular complexity index is 390. The lowest BCUT2D eigenvalue weighted by Crippen LogP contribution is -2.51. The fourth-order valence-electron chi connectivity index (χ4n) is 3.02. The van der Waals surface area contributed by atoms with Crippen LogP contribution in [-0.2, 0) is 6.42 Å². The SMILES string of the molecule is CC1CCC(C)C(N)(Cc2ccccc2F)C1. The molecule has 1 saturated carbocycles. The lowest BCUT2D eigenvalue weighted by molar-refractivity contribution is 0.160. The van der Waals surface area contributed by atoms with Gasteiger partial charge in [-0.25, -0.2) is 4.39 Å². The maximum absolute atomic E-state index is 13.7. The third-order valence-electron chi connectivity index (χ3n) is 4.28. The molecule has 0 aliphatic heterocycles. The summed E-state index contributed by atoms with van der Waals surface area (Å²) >= 11 is 0. The highest BCUT2D eigenvalue weighted by atomic mass is 19.1. The van der Waals surface area contributed by atoms with E-state index in [0.29, 0.717) is 18.3 Å². The van der Waals surface area contributed by atoms with Crippen molar-refractivity contribution in [1.29, 1.82) is 0 Å². The molecule has 0 heterocycles. The standard InChI is InChI=1S/C15H22FN/c1-11-7-8-12(2)15(17,9-11)10-13-5-3-4-6-14(13)16/h3-6,11-12H,7-10,17H2,1-2H3. The van der Waals surface area contributed by atoms with Gasteiger partial charge in [-0.2, -0.15) is 0 Å². The van der Waals surface area contributed by atoms with Gasteiger partial charge in [-0.15, -0.1) is 0 Å². The van der Waals surface area contributed by atoms with Gasteiger partial charge in [-0.3, -0.25) is 0 Å². The van der Waals surface area contributed by atoms with Crippen molar-refractivity contribution >= 4 is 0 Å². The number of halogens is 1. The third kappa shape index (κ3) is 2.68. The van der Waals surface area contributed by atoms with Crippen molar-refractivity contribution in [2.45, 2.75) is 45.1 Å². The predicted molar refractivity (Wildman–Crippen MR) is 69.2 cm³/mol. The molecule has 0 saturated heterocycles. The normalized spacial score (nSPS) is 33.6. The minimum Gasteiger partial charge on any atom is -0.325 e. The van der Waals surface area contributed by atoms with E-state index in [4.69, 9.17) is 5.73 Å². The van der Waals surface area contributed by atoms with E-state index < -0.39 is 0 Å². The van der Waals surface area contributed by atoms with Gasteiger partial charge in [-0.05, 0) is 42.7 Å².